The van der Waals surface area contributed by atoms with Crippen LogP contribution < -0.4 is 4.90 Å². The Hall–Kier alpha value is -1.39. The number of anilines is 1. The Morgan fingerprint density at radius 3 is 2.05 bits per heavy atom. The minimum Gasteiger partial charge on any atom is -0.395 e. The number of Topliss-reactive ketones (excluding diaryl/α,β-unsaturated/α-hetero) is 1. The number of aliphatic hydroxyl groups excluding tert-OH is 2. The molecule has 1 aromatic rings. The van der Waals surface area contributed by atoms with Crippen LogP contribution >= 0.6 is 0 Å². The molecule has 4 nitrogen and oxygen atoms in total. The number of hydrogen-bond donors (Lipinski definition) is 2. The predicted molar refractivity (Wildman–Crippen MR) is 79.0 cm³/mol. The molecule has 0 aliphatic heterocycles. The lowest BCUT2D eigenvalue weighted by Crippen LogP contribution is -2.29. The molecule has 0 aromatic heterocycles. The van der Waals surface area contributed by atoms with Crippen LogP contribution in [0, 0.1) is 0 Å². The van der Waals surface area contributed by atoms with Crippen LogP contribution in [0.2, 0.25) is 0 Å². The number of ketones is 1. The molecule has 0 atom stereocenters. The first kappa shape index (κ1) is 15.0. The molecular formula is C16H23NO3. The van der Waals surface area contributed by atoms with Crippen molar-refractivity contribution in [2.24, 2.45) is 0 Å². The average Bonchev–Trinajstić information content (AvgIpc) is 2.48. The molecule has 1 aromatic carbocycles. The van der Waals surface area contributed by atoms with Gasteiger partial charge in [-0.1, -0.05) is 12.1 Å². The highest BCUT2D eigenvalue weighted by atomic mass is 16.3. The number of carbonyl (C=O) groups is 1. The molecule has 0 heterocycles. The first-order valence-corrected chi connectivity index (χ1v) is 7.33. The van der Waals surface area contributed by atoms with E-state index < -0.39 is 0 Å². The third-order valence-electron chi connectivity index (χ3n) is 4.01. The minimum atomic E-state index is 0.0759. The second kappa shape index (κ2) is 7.41. The second-order valence-corrected chi connectivity index (χ2v) is 5.34. The van der Waals surface area contributed by atoms with Crippen LogP contribution in [0.15, 0.2) is 24.3 Å². The summed E-state index contributed by atoms with van der Waals surface area (Å²) >= 11 is 0. The van der Waals surface area contributed by atoms with Gasteiger partial charge in [0, 0.05) is 31.6 Å². The van der Waals surface area contributed by atoms with Gasteiger partial charge in [0.25, 0.3) is 0 Å². The van der Waals surface area contributed by atoms with E-state index in [2.05, 4.69) is 12.1 Å². The van der Waals surface area contributed by atoms with E-state index in [1.54, 1.807) is 0 Å². The summed E-state index contributed by atoms with van der Waals surface area (Å²) in [4.78, 5) is 13.2. The van der Waals surface area contributed by atoms with Crippen molar-refractivity contribution in [2.45, 2.75) is 31.6 Å². The van der Waals surface area contributed by atoms with E-state index in [1.807, 2.05) is 17.0 Å². The minimum absolute atomic E-state index is 0.0759. The molecule has 4 heteroatoms. The van der Waals surface area contributed by atoms with Gasteiger partial charge in [0.2, 0.25) is 0 Å². The zero-order chi connectivity index (χ0) is 14.4. The van der Waals surface area contributed by atoms with Crippen molar-refractivity contribution < 1.29 is 15.0 Å². The van der Waals surface area contributed by atoms with E-state index in [-0.39, 0.29) is 13.2 Å². The van der Waals surface area contributed by atoms with Crippen molar-refractivity contribution in [1.82, 2.24) is 0 Å². The number of rotatable bonds is 6. The summed E-state index contributed by atoms with van der Waals surface area (Å²) in [6.07, 6.45) is 3.31. The summed E-state index contributed by atoms with van der Waals surface area (Å²) in [7, 11) is 0. The number of carbonyl (C=O) groups excluding carboxylic acids is 1. The van der Waals surface area contributed by atoms with Gasteiger partial charge in [-0.2, -0.15) is 0 Å². The highest BCUT2D eigenvalue weighted by Gasteiger charge is 2.20. The van der Waals surface area contributed by atoms with Crippen LogP contribution in [0.25, 0.3) is 0 Å². The van der Waals surface area contributed by atoms with E-state index in [9.17, 15) is 4.79 Å². The molecule has 1 aliphatic rings. The normalized spacial score (nSPS) is 16.4. The molecule has 20 heavy (non-hydrogen) atoms. The zero-order valence-electron chi connectivity index (χ0n) is 11.8. The van der Waals surface area contributed by atoms with Gasteiger partial charge in [-0.15, -0.1) is 0 Å². The fourth-order valence-corrected chi connectivity index (χ4v) is 2.84. The van der Waals surface area contributed by atoms with Gasteiger partial charge < -0.3 is 15.1 Å². The monoisotopic (exact) mass is 277 g/mol. The molecule has 0 radical (unpaired) electrons. The molecule has 2 N–H and O–H groups in total. The highest BCUT2D eigenvalue weighted by molar-refractivity contribution is 5.79. The molecule has 1 fully saturated rings. The van der Waals surface area contributed by atoms with Crippen LogP contribution in [-0.2, 0) is 4.79 Å². The van der Waals surface area contributed by atoms with Gasteiger partial charge in [0.1, 0.15) is 5.78 Å². The zero-order valence-corrected chi connectivity index (χ0v) is 11.8. The molecule has 2 rings (SSSR count). The van der Waals surface area contributed by atoms with E-state index in [0.29, 0.717) is 37.6 Å². The van der Waals surface area contributed by atoms with Gasteiger partial charge in [-0.05, 0) is 36.5 Å². The Labute approximate surface area is 120 Å². The van der Waals surface area contributed by atoms with E-state index in [4.69, 9.17) is 10.2 Å². The van der Waals surface area contributed by atoms with Crippen molar-refractivity contribution in [2.75, 3.05) is 31.2 Å². The molecule has 0 saturated heterocycles. The molecule has 1 saturated carbocycles. The summed E-state index contributed by atoms with van der Waals surface area (Å²) in [6.45, 7) is 1.20. The number of benzene rings is 1. The SMILES string of the molecule is O=C1CCC(c2ccc(N(CCO)CCO)cc2)CC1. The van der Waals surface area contributed by atoms with Gasteiger partial charge in [0.15, 0.2) is 0 Å². The quantitative estimate of drug-likeness (QED) is 0.831. The Bertz CT molecular complexity index is 414. The third-order valence-corrected chi connectivity index (χ3v) is 4.01. The van der Waals surface area contributed by atoms with Crippen LogP contribution in [0.3, 0.4) is 0 Å². The summed E-state index contributed by atoms with van der Waals surface area (Å²) in [5.41, 5.74) is 2.30. The Balaban J connectivity index is 2.03. The van der Waals surface area contributed by atoms with Crippen molar-refractivity contribution in [1.29, 1.82) is 0 Å². The Kier molecular flexibility index (Phi) is 5.56. The van der Waals surface area contributed by atoms with Crippen molar-refractivity contribution >= 4 is 11.5 Å². The predicted octanol–water partition coefficient (Wildman–Crippen LogP) is 1.70. The number of nitrogens with zero attached hydrogens (tertiary/aromatic N) is 1. The molecule has 0 unspecified atom stereocenters. The molecule has 1 aliphatic carbocycles. The maximum absolute atomic E-state index is 11.3. The van der Waals surface area contributed by atoms with E-state index in [0.717, 1.165) is 18.5 Å². The maximum atomic E-state index is 11.3. The standard InChI is InChI=1S/C16H23NO3/c18-11-9-17(10-12-19)15-5-1-13(2-6-15)14-3-7-16(20)8-4-14/h1-2,5-6,14,18-19H,3-4,7-12H2. The lowest BCUT2D eigenvalue weighted by Gasteiger charge is -2.25. The topological polar surface area (TPSA) is 60.8 Å². The smallest absolute Gasteiger partial charge is 0.132 e. The molecule has 110 valence electrons. The number of aliphatic hydroxyl groups is 2. The number of hydrogen-bond acceptors (Lipinski definition) is 4. The average molecular weight is 277 g/mol. The fraction of sp³-hybridized carbons (Fsp3) is 0.562. The molecule has 0 amide bonds. The van der Waals surface area contributed by atoms with Gasteiger partial charge >= 0.3 is 0 Å². The van der Waals surface area contributed by atoms with Crippen LogP contribution in [-0.4, -0.2) is 42.3 Å². The fourth-order valence-electron chi connectivity index (χ4n) is 2.84. The van der Waals surface area contributed by atoms with Crippen molar-refractivity contribution in [3.63, 3.8) is 0 Å². The van der Waals surface area contributed by atoms with Crippen LogP contribution in [0.1, 0.15) is 37.2 Å². The molecule has 0 spiro atoms. The summed E-state index contributed by atoms with van der Waals surface area (Å²) in [5.74, 6) is 0.876. The van der Waals surface area contributed by atoms with Crippen LogP contribution in [0.5, 0.6) is 0 Å². The van der Waals surface area contributed by atoms with Crippen molar-refractivity contribution in [3.05, 3.63) is 29.8 Å². The highest BCUT2D eigenvalue weighted by Crippen LogP contribution is 2.32. The molecule has 0 bridgehead atoms. The second-order valence-electron chi connectivity index (χ2n) is 5.34. The summed E-state index contributed by atoms with van der Waals surface area (Å²) < 4.78 is 0. The van der Waals surface area contributed by atoms with Gasteiger partial charge in [0.05, 0.1) is 13.2 Å². The Morgan fingerprint density at radius 2 is 1.55 bits per heavy atom. The van der Waals surface area contributed by atoms with Crippen LogP contribution in [0.4, 0.5) is 5.69 Å². The van der Waals surface area contributed by atoms with E-state index >= 15 is 0 Å². The largest absolute Gasteiger partial charge is 0.395 e. The first-order valence-electron chi connectivity index (χ1n) is 7.33. The van der Waals surface area contributed by atoms with E-state index in [1.165, 1.54) is 5.56 Å². The first-order chi connectivity index (χ1) is 9.74. The van der Waals surface area contributed by atoms with Gasteiger partial charge in [-0.25, -0.2) is 0 Å². The lowest BCUT2D eigenvalue weighted by molar-refractivity contribution is -0.120. The summed E-state index contributed by atoms with van der Waals surface area (Å²) in [5, 5.41) is 18.1. The Morgan fingerprint density at radius 1 is 1.00 bits per heavy atom. The summed E-state index contributed by atoms with van der Waals surface area (Å²) in [6, 6.07) is 8.29. The lowest BCUT2D eigenvalue weighted by atomic mass is 9.83. The maximum Gasteiger partial charge on any atom is 0.132 e. The molecular weight excluding hydrogens is 254 g/mol. The van der Waals surface area contributed by atoms with Gasteiger partial charge in [-0.3, -0.25) is 4.79 Å². The third kappa shape index (κ3) is 3.81. The van der Waals surface area contributed by atoms with Crippen molar-refractivity contribution in [3.8, 4) is 0 Å².